The van der Waals surface area contributed by atoms with E-state index in [9.17, 15) is 14.4 Å². The van der Waals surface area contributed by atoms with E-state index in [1.165, 1.54) is 0 Å². The molecule has 1 fully saturated rings. The summed E-state index contributed by atoms with van der Waals surface area (Å²) in [5.74, 6) is 0.641. The Bertz CT molecular complexity index is 1190. The monoisotopic (exact) mass is 570 g/mol. The highest BCUT2D eigenvalue weighted by atomic mass is 16.5. The van der Waals surface area contributed by atoms with E-state index in [1.807, 2.05) is 53.6 Å². The van der Waals surface area contributed by atoms with Gasteiger partial charge in [-0.3, -0.25) is 14.4 Å². The van der Waals surface area contributed by atoms with E-state index in [2.05, 4.69) is 15.5 Å². The Morgan fingerprint density at radius 3 is 2.49 bits per heavy atom. The minimum absolute atomic E-state index is 0.0249. The summed E-state index contributed by atoms with van der Waals surface area (Å²) in [6.07, 6.45) is 1.80. The minimum atomic E-state index is -0.775. The van der Waals surface area contributed by atoms with Crippen LogP contribution >= 0.6 is 0 Å². The molecule has 0 aliphatic carbocycles. The zero-order valence-electron chi connectivity index (χ0n) is 25.8. The molecule has 3 amide bonds. The molecule has 2 atom stereocenters. The second kappa shape index (κ2) is 13.9. The second-order valence-electron chi connectivity index (χ2n) is 12.5. The van der Waals surface area contributed by atoms with Crippen molar-refractivity contribution in [3.8, 4) is 5.75 Å². The molecular weight excluding hydrogens is 524 g/mol. The Morgan fingerprint density at radius 2 is 1.85 bits per heavy atom. The molecule has 1 saturated heterocycles. The third-order valence-electron chi connectivity index (χ3n) is 6.99. The number of amides is 3. The van der Waals surface area contributed by atoms with Crippen molar-refractivity contribution in [1.29, 1.82) is 0 Å². The van der Waals surface area contributed by atoms with Gasteiger partial charge in [-0.15, -0.1) is 0 Å². The Labute approximate surface area is 243 Å². The molecule has 0 radical (unpaired) electrons. The number of likely N-dealkylation sites (N-methyl/N-ethyl adjacent to an activating group) is 2. The number of rotatable bonds is 12. The number of likely N-dealkylation sites (tertiary alicyclic amines) is 1. The van der Waals surface area contributed by atoms with Crippen molar-refractivity contribution in [2.24, 2.45) is 5.92 Å². The SMILES string of the molecule is CC(C)C[C@@H](NC(=O)c1ccccc1OCc1noc(C(C)(C)C)n1)C(=O)N1CCC[C@@H]1C(=O)N(C)CCN(C)C. The van der Waals surface area contributed by atoms with Gasteiger partial charge < -0.3 is 29.3 Å². The first kappa shape index (κ1) is 32.0. The number of nitrogens with zero attached hydrogens (tertiary/aromatic N) is 5. The Morgan fingerprint density at radius 1 is 1.15 bits per heavy atom. The van der Waals surface area contributed by atoms with E-state index < -0.39 is 18.0 Å². The van der Waals surface area contributed by atoms with Crippen LogP contribution in [-0.2, 0) is 21.6 Å². The molecule has 11 heteroatoms. The average Bonchev–Trinajstić information content (AvgIpc) is 3.59. The van der Waals surface area contributed by atoms with Gasteiger partial charge in [0.1, 0.15) is 17.8 Å². The molecule has 11 nitrogen and oxygen atoms in total. The maximum atomic E-state index is 13.8. The summed E-state index contributed by atoms with van der Waals surface area (Å²) in [7, 11) is 5.69. The summed E-state index contributed by atoms with van der Waals surface area (Å²) in [6, 6.07) is 5.56. The molecule has 1 aliphatic rings. The molecule has 2 heterocycles. The third-order valence-corrected chi connectivity index (χ3v) is 6.99. The number of carbonyl (C=O) groups excluding carboxylic acids is 3. The van der Waals surface area contributed by atoms with Gasteiger partial charge in [0.25, 0.3) is 5.91 Å². The van der Waals surface area contributed by atoms with E-state index in [1.54, 1.807) is 41.1 Å². The summed E-state index contributed by atoms with van der Waals surface area (Å²) < 4.78 is 11.2. The number of benzene rings is 1. The summed E-state index contributed by atoms with van der Waals surface area (Å²) >= 11 is 0. The first-order valence-corrected chi connectivity index (χ1v) is 14.3. The van der Waals surface area contributed by atoms with Crippen LogP contribution in [0, 0.1) is 5.92 Å². The molecule has 226 valence electrons. The lowest BCUT2D eigenvalue weighted by atomic mass is 9.97. The maximum absolute atomic E-state index is 13.8. The van der Waals surface area contributed by atoms with E-state index in [0.717, 1.165) is 13.0 Å². The molecule has 3 rings (SSSR count). The molecule has 0 unspecified atom stereocenters. The van der Waals surface area contributed by atoms with E-state index in [0.29, 0.717) is 49.0 Å². The Balaban J connectivity index is 1.73. The van der Waals surface area contributed by atoms with Crippen LogP contribution in [0.5, 0.6) is 5.75 Å². The standard InChI is InChI=1S/C30H46N6O5/c1-20(2)18-22(27(38)36-15-11-13-23(36)28(39)35(8)17-16-34(6)7)31-26(37)21-12-9-10-14-24(21)40-19-25-32-29(41-33-25)30(3,4)5/h9-10,12,14,20,22-23H,11,13,15-19H2,1-8H3,(H,31,37)/t22-,23-/m1/s1. The average molecular weight is 571 g/mol. The van der Waals surface area contributed by atoms with Crippen molar-refractivity contribution in [2.75, 3.05) is 40.8 Å². The predicted octanol–water partition coefficient (Wildman–Crippen LogP) is 3.10. The zero-order valence-corrected chi connectivity index (χ0v) is 25.8. The fourth-order valence-electron chi connectivity index (χ4n) is 4.67. The largest absolute Gasteiger partial charge is 0.485 e. The van der Waals surface area contributed by atoms with Gasteiger partial charge in [0.05, 0.1) is 5.56 Å². The summed E-state index contributed by atoms with van der Waals surface area (Å²) in [6.45, 7) is 11.8. The molecule has 0 spiro atoms. The van der Waals surface area contributed by atoms with E-state index >= 15 is 0 Å². The van der Waals surface area contributed by atoms with Crippen LogP contribution in [0.1, 0.15) is 76.0 Å². The molecular formula is C30H46N6O5. The number of hydrogen-bond donors (Lipinski definition) is 1. The molecule has 1 aliphatic heterocycles. The lowest BCUT2D eigenvalue weighted by molar-refractivity contribution is -0.144. The molecule has 1 aromatic carbocycles. The number of nitrogens with one attached hydrogen (secondary N) is 1. The normalized spacial score (nSPS) is 16.2. The van der Waals surface area contributed by atoms with Gasteiger partial charge >= 0.3 is 0 Å². The fraction of sp³-hybridized carbons (Fsp3) is 0.633. The number of carbonyl (C=O) groups is 3. The lowest BCUT2D eigenvalue weighted by Crippen LogP contribution is -2.54. The van der Waals surface area contributed by atoms with Crippen LogP contribution in [0.4, 0.5) is 0 Å². The highest BCUT2D eigenvalue weighted by Gasteiger charge is 2.39. The summed E-state index contributed by atoms with van der Waals surface area (Å²) in [5, 5.41) is 6.92. The molecule has 2 aromatic rings. The lowest BCUT2D eigenvalue weighted by Gasteiger charge is -2.32. The highest BCUT2D eigenvalue weighted by molar-refractivity contribution is 6.00. The van der Waals surface area contributed by atoms with Crippen LogP contribution in [0.25, 0.3) is 0 Å². The summed E-state index contributed by atoms with van der Waals surface area (Å²) in [4.78, 5) is 50.3. The first-order chi connectivity index (χ1) is 19.3. The van der Waals surface area contributed by atoms with Crippen LogP contribution in [0.3, 0.4) is 0 Å². The molecule has 41 heavy (non-hydrogen) atoms. The van der Waals surface area contributed by atoms with Gasteiger partial charge in [-0.25, -0.2) is 0 Å². The van der Waals surface area contributed by atoms with Crippen LogP contribution in [-0.4, -0.2) is 95.4 Å². The highest BCUT2D eigenvalue weighted by Crippen LogP contribution is 2.24. The number of ether oxygens (including phenoxy) is 1. The van der Waals surface area contributed by atoms with Crippen molar-refractivity contribution >= 4 is 17.7 Å². The van der Waals surface area contributed by atoms with E-state index in [4.69, 9.17) is 9.26 Å². The van der Waals surface area contributed by atoms with Crippen LogP contribution < -0.4 is 10.1 Å². The van der Waals surface area contributed by atoms with Gasteiger partial charge in [-0.05, 0) is 51.4 Å². The second-order valence-corrected chi connectivity index (χ2v) is 12.5. The quantitative estimate of drug-likeness (QED) is 0.413. The van der Waals surface area contributed by atoms with Crippen molar-refractivity contribution in [2.45, 2.75) is 78.0 Å². The third kappa shape index (κ3) is 8.76. The van der Waals surface area contributed by atoms with Crippen molar-refractivity contribution < 1.29 is 23.6 Å². The fourth-order valence-corrected chi connectivity index (χ4v) is 4.67. The molecule has 1 aromatic heterocycles. The van der Waals surface area contributed by atoms with Gasteiger partial charge in [0.2, 0.25) is 23.5 Å². The van der Waals surface area contributed by atoms with Gasteiger partial charge in [-0.2, -0.15) is 4.98 Å². The van der Waals surface area contributed by atoms with Gasteiger partial charge in [-0.1, -0.05) is 51.9 Å². The topological polar surface area (TPSA) is 121 Å². The molecule has 0 bridgehead atoms. The van der Waals surface area contributed by atoms with Crippen molar-refractivity contribution in [3.63, 3.8) is 0 Å². The van der Waals surface area contributed by atoms with Crippen LogP contribution in [0.2, 0.25) is 0 Å². The molecule has 1 N–H and O–H groups in total. The Kier molecular flexibility index (Phi) is 10.9. The predicted molar refractivity (Wildman–Crippen MR) is 155 cm³/mol. The number of hydrogen-bond acceptors (Lipinski definition) is 8. The number of para-hydroxylation sites is 1. The smallest absolute Gasteiger partial charge is 0.255 e. The van der Waals surface area contributed by atoms with Gasteiger partial charge in [0, 0.05) is 32.1 Å². The van der Waals surface area contributed by atoms with Crippen molar-refractivity contribution in [1.82, 2.24) is 30.2 Å². The molecule has 0 saturated carbocycles. The van der Waals surface area contributed by atoms with Gasteiger partial charge in [0.15, 0.2) is 6.61 Å². The van der Waals surface area contributed by atoms with Crippen molar-refractivity contribution in [3.05, 3.63) is 41.5 Å². The maximum Gasteiger partial charge on any atom is 0.255 e. The van der Waals surface area contributed by atoms with E-state index in [-0.39, 0.29) is 29.8 Å². The number of aromatic nitrogens is 2. The minimum Gasteiger partial charge on any atom is -0.485 e. The van der Waals surface area contributed by atoms with Crippen LogP contribution in [0.15, 0.2) is 28.8 Å². The first-order valence-electron chi connectivity index (χ1n) is 14.3. The Hall–Kier alpha value is -3.47. The summed E-state index contributed by atoms with van der Waals surface area (Å²) in [5.41, 5.74) is 0.00721. The zero-order chi connectivity index (χ0) is 30.3.